The summed E-state index contributed by atoms with van der Waals surface area (Å²) in [6.45, 7) is 5.01. The molecule has 1 heterocycles. The van der Waals surface area contributed by atoms with Gasteiger partial charge in [0.15, 0.2) is 0 Å². The van der Waals surface area contributed by atoms with Crippen LogP contribution in [0.2, 0.25) is 0 Å². The molecule has 2 rings (SSSR count). The van der Waals surface area contributed by atoms with Crippen LogP contribution in [0.3, 0.4) is 0 Å². The van der Waals surface area contributed by atoms with Crippen molar-refractivity contribution in [3.63, 3.8) is 0 Å². The van der Waals surface area contributed by atoms with Crippen molar-refractivity contribution in [3.8, 4) is 5.75 Å². The first-order chi connectivity index (χ1) is 9.20. The van der Waals surface area contributed by atoms with E-state index in [2.05, 4.69) is 42.3 Å². The molecule has 19 heavy (non-hydrogen) atoms. The van der Waals surface area contributed by atoms with Gasteiger partial charge in [-0.1, -0.05) is 23.8 Å². The summed E-state index contributed by atoms with van der Waals surface area (Å²) < 4.78 is 5.39. The van der Waals surface area contributed by atoms with Crippen LogP contribution in [0.1, 0.15) is 29.7 Å². The molecule has 3 heteroatoms. The van der Waals surface area contributed by atoms with Gasteiger partial charge in [0, 0.05) is 30.5 Å². The van der Waals surface area contributed by atoms with Crippen molar-refractivity contribution in [1.82, 2.24) is 10.3 Å². The molecule has 0 bridgehead atoms. The van der Waals surface area contributed by atoms with Gasteiger partial charge in [0.25, 0.3) is 0 Å². The molecule has 1 N–H and O–H groups in total. The van der Waals surface area contributed by atoms with E-state index in [9.17, 15) is 0 Å². The number of aryl methyl sites for hydroxylation is 1. The molecule has 3 nitrogen and oxygen atoms in total. The maximum atomic E-state index is 5.39. The van der Waals surface area contributed by atoms with Gasteiger partial charge in [-0.25, -0.2) is 0 Å². The number of nitrogens with zero attached hydrogens (tertiary/aromatic N) is 1. The molecule has 0 aliphatic heterocycles. The van der Waals surface area contributed by atoms with Gasteiger partial charge in [0.2, 0.25) is 0 Å². The quantitative estimate of drug-likeness (QED) is 0.891. The Labute approximate surface area is 114 Å². The van der Waals surface area contributed by atoms with Gasteiger partial charge < -0.3 is 10.1 Å². The molecule has 0 aliphatic carbocycles. The molecular weight excluding hydrogens is 236 g/mol. The SMILES string of the molecule is COc1ccc(C)cc1CN[C@H](C)c1cccnc1. The lowest BCUT2D eigenvalue weighted by atomic mass is 10.1. The van der Waals surface area contributed by atoms with Crippen molar-refractivity contribution in [3.05, 3.63) is 59.4 Å². The van der Waals surface area contributed by atoms with E-state index in [4.69, 9.17) is 4.74 Å². The molecule has 1 aromatic heterocycles. The summed E-state index contributed by atoms with van der Waals surface area (Å²) >= 11 is 0. The molecular formula is C16H20N2O. The van der Waals surface area contributed by atoms with Gasteiger partial charge in [-0.2, -0.15) is 0 Å². The Morgan fingerprint density at radius 2 is 2.16 bits per heavy atom. The lowest BCUT2D eigenvalue weighted by Crippen LogP contribution is -2.18. The van der Waals surface area contributed by atoms with Crippen molar-refractivity contribution in [2.24, 2.45) is 0 Å². The van der Waals surface area contributed by atoms with Gasteiger partial charge in [-0.05, 0) is 31.5 Å². The van der Waals surface area contributed by atoms with Crippen LogP contribution in [-0.4, -0.2) is 12.1 Å². The summed E-state index contributed by atoms with van der Waals surface area (Å²) in [5.41, 5.74) is 3.61. The smallest absolute Gasteiger partial charge is 0.123 e. The number of ether oxygens (including phenoxy) is 1. The molecule has 0 aliphatic rings. The highest BCUT2D eigenvalue weighted by Gasteiger charge is 2.07. The summed E-state index contributed by atoms with van der Waals surface area (Å²) in [6, 6.07) is 10.5. The normalized spacial score (nSPS) is 12.2. The van der Waals surface area contributed by atoms with Crippen molar-refractivity contribution in [2.75, 3.05) is 7.11 Å². The molecule has 0 amide bonds. The Balaban J connectivity index is 2.04. The second kappa shape index (κ2) is 6.34. The van der Waals surface area contributed by atoms with Crippen molar-refractivity contribution in [2.45, 2.75) is 26.4 Å². The Hall–Kier alpha value is -1.87. The predicted octanol–water partition coefficient (Wildman–Crippen LogP) is 3.25. The largest absolute Gasteiger partial charge is 0.496 e. The monoisotopic (exact) mass is 256 g/mol. The van der Waals surface area contributed by atoms with Gasteiger partial charge in [0.05, 0.1) is 7.11 Å². The number of hydrogen-bond donors (Lipinski definition) is 1. The van der Waals surface area contributed by atoms with Crippen LogP contribution < -0.4 is 10.1 Å². The van der Waals surface area contributed by atoms with E-state index in [1.165, 1.54) is 16.7 Å². The second-order valence-corrected chi connectivity index (χ2v) is 4.70. The summed E-state index contributed by atoms with van der Waals surface area (Å²) in [5, 5.41) is 3.50. The summed E-state index contributed by atoms with van der Waals surface area (Å²) in [4.78, 5) is 4.14. The third-order valence-electron chi connectivity index (χ3n) is 3.22. The van der Waals surface area contributed by atoms with E-state index in [0.717, 1.165) is 12.3 Å². The maximum absolute atomic E-state index is 5.39. The lowest BCUT2D eigenvalue weighted by molar-refractivity contribution is 0.406. The molecule has 0 saturated carbocycles. The Kier molecular flexibility index (Phi) is 4.53. The van der Waals surface area contributed by atoms with E-state index >= 15 is 0 Å². The number of pyridine rings is 1. The van der Waals surface area contributed by atoms with E-state index in [1.807, 2.05) is 18.3 Å². The second-order valence-electron chi connectivity index (χ2n) is 4.70. The lowest BCUT2D eigenvalue weighted by Gasteiger charge is -2.16. The minimum Gasteiger partial charge on any atom is -0.496 e. The number of aromatic nitrogens is 1. The van der Waals surface area contributed by atoms with Crippen LogP contribution >= 0.6 is 0 Å². The Bertz CT molecular complexity index is 526. The number of methoxy groups -OCH3 is 1. The molecule has 1 aromatic carbocycles. The molecule has 0 unspecified atom stereocenters. The first kappa shape index (κ1) is 13.6. The van der Waals surface area contributed by atoms with Crippen LogP contribution in [-0.2, 0) is 6.54 Å². The predicted molar refractivity (Wildman–Crippen MR) is 77.2 cm³/mol. The number of hydrogen-bond acceptors (Lipinski definition) is 3. The zero-order chi connectivity index (χ0) is 13.7. The Morgan fingerprint density at radius 3 is 2.84 bits per heavy atom. The molecule has 2 aromatic rings. The molecule has 0 radical (unpaired) electrons. The summed E-state index contributed by atoms with van der Waals surface area (Å²) in [6.07, 6.45) is 3.69. The van der Waals surface area contributed by atoms with Gasteiger partial charge in [0.1, 0.15) is 5.75 Å². The highest BCUT2D eigenvalue weighted by Crippen LogP contribution is 2.20. The number of rotatable bonds is 5. The first-order valence-electron chi connectivity index (χ1n) is 6.47. The van der Waals surface area contributed by atoms with Crippen LogP contribution in [0.4, 0.5) is 0 Å². The van der Waals surface area contributed by atoms with Crippen LogP contribution in [0.5, 0.6) is 5.75 Å². The summed E-state index contributed by atoms with van der Waals surface area (Å²) in [7, 11) is 1.71. The van der Waals surface area contributed by atoms with E-state index in [1.54, 1.807) is 13.3 Å². The van der Waals surface area contributed by atoms with Gasteiger partial charge >= 0.3 is 0 Å². The average molecular weight is 256 g/mol. The van der Waals surface area contributed by atoms with E-state index in [0.29, 0.717) is 0 Å². The minimum absolute atomic E-state index is 0.263. The fourth-order valence-corrected chi connectivity index (χ4v) is 2.06. The van der Waals surface area contributed by atoms with Crippen LogP contribution in [0.15, 0.2) is 42.7 Å². The highest BCUT2D eigenvalue weighted by molar-refractivity contribution is 5.36. The third kappa shape index (κ3) is 3.55. The molecule has 0 fully saturated rings. The average Bonchev–Trinajstić information content (AvgIpc) is 2.46. The van der Waals surface area contributed by atoms with Crippen molar-refractivity contribution >= 4 is 0 Å². The molecule has 0 saturated heterocycles. The molecule has 0 spiro atoms. The first-order valence-corrected chi connectivity index (χ1v) is 6.47. The molecule has 100 valence electrons. The van der Waals surface area contributed by atoms with Gasteiger partial charge in [-0.3, -0.25) is 4.98 Å². The zero-order valence-electron chi connectivity index (χ0n) is 11.7. The van der Waals surface area contributed by atoms with E-state index in [-0.39, 0.29) is 6.04 Å². The zero-order valence-corrected chi connectivity index (χ0v) is 11.7. The van der Waals surface area contributed by atoms with Crippen LogP contribution in [0, 0.1) is 6.92 Å². The molecule has 1 atom stereocenters. The fourth-order valence-electron chi connectivity index (χ4n) is 2.06. The third-order valence-corrected chi connectivity index (χ3v) is 3.22. The standard InChI is InChI=1S/C16H20N2O/c1-12-6-7-16(19-3)15(9-12)11-18-13(2)14-5-4-8-17-10-14/h4-10,13,18H,11H2,1-3H3/t13-/m1/s1. The topological polar surface area (TPSA) is 34.1 Å². The Morgan fingerprint density at radius 1 is 1.32 bits per heavy atom. The highest BCUT2D eigenvalue weighted by atomic mass is 16.5. The number of nitrogens with one attached hydrogen (secondary N) is 1. The minimum atomic E-state index is 0.263. The van der Waals surface area contributed by atoms with E-state index < -0.39 is 0 Å². The number of benzene rings is 1. The van der Waals surface area contributed by atoms with Gasteiger partial charge in [-0.15, -0.1) is 0 Å². The van der Waals surface area contributed by atoms with Crippen molar-refractivity contribution < 1.29 is 4.74 Å². The maximum Gasteiger partial charge on any atom is 0.123 e. The van der Waals surface area contributed by atoms with Crippen molar-refractivity contribution in [1.29, 1.82) is 0 Å². The van der Waals surface area contributed by atoms with Crippen LogP contribution in [0.25, 0.3) is 0 Å². The summed E-state index contributed by atoms with van der Waals surface area (Å²) in [5.74, 6) is 0.927. The fraction of sp³-hybridized carbons (Fsp3) is 0.312.